The average Bonchev–Trinajstić information content (AvgIpc) is 3.38. The van der Waals surface area contributed by atoms with Crippen molar-refractivity contribution < 1.29 is 9.53 Å². The van der Waals surface area contributed by atoms with Crippen LogP contribution in [0.2, 0.25) is 0 Å². The summed E-state index contributed by atoms with van der Waals surface area (Å²) in [5, 5.41) is 4.94. The lowest BCUT2D eigenvalue weighted by Crippen LogP contribution is -2.29. The first-order valence-corrected chi connectivity index (χ1v) is 13.8. The van der Waals surface area contributed by atoms with Crippen molar-refractivity contribution >= 4 is 40.3 Å². The highest BCUT2D eigenvalue weighted by Crippen LogP contribution is 2.36. The van der Waals surface area contributed by atoms with E-state index >= 15 is 0 Å². The van der Waals surface area contributed by atoms with Gasteiger partial charge in [-0.3, -0.25) is 9.69 Å². The molecule has 1 amide bonds. The Bertz CT molecular complexity index is 1260. The number of amides is 1. The molecule has 3 aromatic rings. The minimum Gasteiger partial charge on any atom is -0.491 e. The summed E-state index contributed by atoms with van der Waals surface area (Å²) in [5.41, 5.74) is 4.72. The SMILES string of the molecule is CCCCCCN1C(=O)C(=Cc2cn(-c3ccccc3)nc2-c2ccc(OC(C)C)cc2C)SC1=S. The van der Waals surface area contributed by atoms with Crippen LogP contribution in [0.15, 0.2) is 59.6 Å². The number of hydrogen-bond donors (Lipinski definition) is 0. The summed E-state index contributed by atoms with van der Waals surface area (Å²) in [6.07, 6.45) is 8.43. The fourth-order valence-corrected chi connectivity index (χ4v) is 5.49. The van der Waals surface area contributed by atoms with Crippen LogP contribution in [-0.2, 0) is 4.79 Å². The minimum atomic E-state index is -0.0164. The molecular formula is C29H33N3O2S2. The first-order chi connectivity index (χ1) is 17.4. The molecule has 1 fully saturated rings. The summed E-state index contributed by atoms with van der Waals surface area (Å²) in [5.74, 6) is 0.816. The van der Waals surface area contributed by atoms with E-state index in [0.29, 0.717) is 15.8 Å². The van der Waals surface area contributed by atoms with Gasteiger partial charge in [0.2, 0.25) is 0 Å². The van der Waals surface area contributed by atoms with Crippen LogP contribution < -0.4 is 4.74 Å². The van der Waals surface area contributed by atoms with Gasteiger partial charge in [0.05, 0.1) is 16.7 Å². The quantitative estimate of drug-likeness (QED) is 0.158. The number of carbonyl (C=O) groups is 1. The molecule has 0 spiro atoms. The maximum atomic E-state index is 13.2. The van der Waals surface area contributed by atoms with Gasteiger partial charge in [-0.05, 0) is 69.2 Å². The van der Waals surface area contributed by atoms with Gasteiger partial charge in [0.25, 0.3) is 5.91 Å². The van der Waals surface area contributed by atoms with Crippen molar-refractivity contribution in [1.29, 1.82) is 0 Å². The number of thioether (sulfide) groups is 1. The Morgan fingerprint density at radius 2 is 1.89 bits per heavy atom. The highest BCUT2D eigenvalue weighted by Gasteiger charge is 2.32. The first kappa shape index (κ1) is 26.2. The summed E-state index contributed by atoms with van der Waals surface area (Å²) in [7, 11) is 0. The summed E-state index contributed by atoms with van der Waals surface area (Å²) >= 11 is 6.93. The standard InChI is InChI=1S/C29H33N3O2S2/c1-5-6-7-11-16-31-28(33)26(36-29(31)35)18-22-19-32(23-12-9-8-10-13-23)30-27(22)25-15-14-24(17-21(25)4)34-20(2)3/h8-10,12-15,17-20H,5-7,11,16H2,1-4H3. The van der Waals surface area contributed by atoms with Crippen molar-refractivity contribution in [3.05, 3.63) is 70.8 Å². The topological polar surface area (TPSA) is 47.4 Å². The van der Waals surface area contributed by atoms with Gasteiger partial charge in [-0.1, -0.05) is 68.4 Å². The highest BCUT2D eigenvalue weighted by molar-refractivity contribution is 8.26. The molecule has 1 aliphatic rings. The molecule has 0 aliphatic carbocycles. The van der Waals surface area contributed by atoms with E-state index in [4.69, 9.17) is 22.1 Å². The maximum absolute atomic E-state index is 13.2. The number of thiocarbonyl (C=S) groups is 1. The fraction of sp³-hybridized carbons (Fsp3) is 0.345. The Hall–Kier alpha value is -2.90. The van der Waals surface area contributed by atoms with E-state index in [2.05, 4.69) is 13.8 Å². The average molecular weight is 520 g/mol. The molecule has 0 atom stereocenters. The second kappa shape index (κ2) is 11.9. The van der Waals surface area contributed by atoms with Crippen LogP contribution in [0.5, 0.6) is 5.75 Å². The van der Waals surface area contributed by atoms with Gasteiger partial charge in [-0.25, -0.2) is 4.68 Å². The number of unbranched alkanes of at least 4 members (excludes halogenated alkanes) is 3. The number of aryl methyl sites for hydroxylation is 1. The van der Waals surface area contributed by atoms with Crippen LogP contribution in [0.1, 0.15) is 57.6 Å². The van der Waals surface area contributed by atoms with Crippen molar-refractivity contribution in [1.82, 2.24) is 14.7 Å². The van der Waals surface area contributed by atoms with Crippen molar-refractivity contribution in [3.63, 3.8) is 0 Å². The Morgan fingerprint density at radius 3 is 2.58 bits per heavy atom. The molecule has 188 valence electrons. The number of aromatic nitrogens is 2. The third-order valence-electron chi connectivity index (χ3n) is 5.98. The number of carbonyl (C=O) groups excluding carboxylic acids is 1. The Kier molecular flexibility index (Phi) is 8.64. The van der Waals surface area contributed by atoms with Gasteiger partial charge < -0.3 is 4.74 Å². The van der Waals surface area contributed by atoms with Crippen LogP contribution in [0.25, 0.3) is 23.0 Å². The lowest BCUT2D eigenvalue weighted by atomic mass is 10.0. The van der Waals surface area contributed by atoms with E-state index in [-0.39, 0.29) is 12.0 Å². The third kappa shape index (κ3) is 6.08. The number of para-hydroxylation sites is 1. The summed E-state index contributed by atoms with van der Waals surface area (Å²) < 4.78 is 8.37. The second-order valence-corrected chi connectivity index (χ2v) is 10.9. The predicted molar refractivity (Wildman–Crippen MR) is 154 cm³/mol. The molecule has 0 unspecified atom stereocenters. The van der Waals surface area contributed by atoms with Crippen LogP contribution in [0.3, 0.4) is 0 Å². The third-order valence-corrected chi connectivity index (χ3v) is 7.36. The molecule has 1 aliphatic heterocycles. The molecule has 0 N–H and O–H groups in total. The molecule has 1 saturated heterocycles. The molecule has 0 radical (unpaired) electrons. The maximum Gasteiger partial charge on any atom is 0.266 e. The summed E-state index contributed by atoms with van der Waals surface area (Å²) in [6.45, 7) is 8.95. The summed E-state index contributed by atoms with van der Waals surface area (Å²) in [6, 6.07) is 16.1. The van der Waals surface area contributed by atoms with Gasteiger partial charge in [-0.2, -0.15) is 5.10 Å². The minimum absolute atomic E-state index is 0.0164. The van der Waals surface area contributed by atoms with Gasteiger partial charge in [0.15, 0.2) is 0 Å². The summed E-state index contributed by atoms with van der Waals surface area (Å²) in [4.78, 5) is 15.6. The lowest BCUT2D eigenvalue weighted by Gasteiger charge is -2.13. The van der Waals surface area contributed by atoms with E-state index in [9.17, 15) is 4.79 Å². The molecule has 2 heterocycles. The largest absolute Gasteiger partial charge is 0.491 e. The number of nitrogens with zero attached hydrogens (tertiary/aromatic N) is 3. The Balaban J connectivity index is 1.70. The highest BCUT2D eigenvalue weighted by atomic mass is 32.2. The van der Waals surface area contributed by atoms with Crippen LogP contribution >= 0.6 is 24.0 Å². The van der Waals surface area contributed by atoms with Crippen LogP contribution in [-0.4, -0.2) is 37.6 Å². The van der Waals surface area contributed by atoms with Crippen molar-refractivity contribution in [3.8, 4) is 22.7 Å². The zero-order valence-electron chi connectivity index (χ0n) is 21.4. The predicted octanol–water partition coefficient (Wildman–Crippen LogP) is 7.42. The fourth-order valence-electron chi connectivity index (χ4n) is 4.19. The van der Waals surface area contributed by atoms with Crippen LogP contribution in [0, 0.1) is 6.92 Å². The monoisotopic (exact) mass is 519 g/mol. The molecule has 4 rings (SSSR count). The van der Waals surface area contributed by atoms with E-state index in [1.807, 2.05) is 79.3 Å². The van der Waals surface area contributed by atoms with E-state index in [0.717, 1.165) is 53.1 Å². The molecule has 2 aromatic carbocycles. The van der Waals surface area contributed by atoms with Gasteiger partial charge in [0, 0.05) is 23.9 Å². The number of benzene rings is 2. The van der Waals surface area contributed by atoms with Crippen LogP contribution in [0.4, 0.5) is 0 Å². The number of rotatable bonds is 10. The Labute approximate surface area is 223 Å². The van der Waals surface area contributed by atoms with Gasteiger partial charge in [-0.15, -0.1) is 0 Å². The van der Waals surface area contributed by atoms with Crippen molar-refractivity contribution in [2.75, 3.05) is 6.54 Å². The van der Waals surface area contributed by atoms with Crippen molar-refractivity contribution in [2.45, 2.75) is 59.5 Å². The number of ether oxygens (including phenoxy) is 1. The molecule has 0 saturated carbocycles. The zero-order chi connectivity index (χ0) is 25.7. The molecule has 7 heteroatoms. The lowest BCUT2D eigenvalue weighted by molar-refractivity contribution is -0.122. The Morgan fingerprint density at radius 1 is 1.11 bits per heavy atom. The van der Waals surface area contributed by atoms with E-state index in [1.165, 1.54) is 18.2 Å². The normalized spacial score (nSPS) is 14.9. The number of hydrogen-bond acceptors (Lipinski definition) is 5. The molecule has 1 aromatic heterocycles. The molecule has 5 nitrogen and oxygen atoms in total. The van der Waals surface area contributed by atoms with Gasteiger partial charge >= 0.3 is 0 Å². The smallest absolute Gasteiger partial charge is 0.266 e. The van der Waals surface area contributed by atoms with E-state index < -0.39 is 0 Å². The molecule has 36 heavy (non-hydrogen) atoms. The molecular weight excluding hydrogens is 486 g/mol. The van der Waals surface area contributed by atoms with Gasteiger partial charge in [0.1, 0.15) is 15.8 Å². The first-order valence-electron chi connectivity index (χ1n) is 12.6. The molecule has 0 bridgehead atoms. The van der Waals surface area contributed by atoms with Crippen molar-refractivity contribution in [2.24, 2.45) is 0 Å². The van der Waals surface area contributed by atoms with E-state index in [1.54, 1.807) is 4.90 Å². The zero-order valence-corrected chi connectivity index (χ0v) is 23.0. The second-order valence-electron chi connectivity index (χ2n) is 9.25.